The Morgan fingerprint density at radius 3 is 2.37 bits per heavy atom. The molecule has 2 heterocycles. The SMILES string of the molecule is Cc1cccc(C(=O)N2CCCC2)c1NC(=O)c1nc(Cl)c(Cl)c(Cl)c1Cl. The number of para-hydroxylation sites is 1. The Morgan fingerprint density at radius 2 is 1.70 bits per heavy atom. The minimum atomic E-state index is -0.634. The predicted octanol–water partition coefficient (Wildman–Crippen LogP) is 5.49. The molecule has 0 saturated carbocycles. The minimum absolute atomic E-state index is 0.0272. The lowest BCUT2D eigenvalue weighted by Gasteiger charge is -2.19. The molecule has 1 aliphatic rings. The van der Waals surface area contributed by atoms with E-state index in [2.05, 4.69) is 10.3 Å². The molecule has 1 aromatic carbocycles. The van der Waals surface area contributed by atoms with Gasteiger partial charge in [0.25, 0.3) is 11.8 Å². The number of carbonyl (C=O) groups excluding carboxylic acids is 2. The summed E-state index contributed by atoms with van der Waals surface area (Å²) in [6.45, 7) is 3.21. The van der Waals surface area contributed by atoms with Crippen LogP contribution in [0.3, 0.4) is 0 Å². The minimum Gasteiger partial charge on any atom is -0.339 e. The molecule has 3 rings (SSSR count). The van der Waals surface area contributed by atoms with E-state index in [-0.39, 0.29) is 31.8 Å². The number of amides is 2. The van der Waals surface area contributed by atoms with Crippen LogP contribution >= 0.6 is 46.4 Å². The number of nitrogens with zero attached hydrogens (tertiary/aromatic N) is 2. The summed E-state index contributed by atoms with van der Waals surface area (Å²) in [4.78, 5) is 31.3. The molecule has 9 heteroatoms. The van der Waals surface area contributed by atoms with Gasteiger partial charge in [-0.25, -0.2) is 4.98 Å². The highest BCUT2D eigenvalue weighted by Crippen LogP contribution is 2.36. The first-order valence-electron chi connectivity index (χ1n) is 8.21. The molecule has 2 aromatic rings. The number of benzene rings is 1. The van der Waals surface area contributed by atoms with E-state index in [1.165, 1.54) is 0 Å². The number of nitrogens with one attached hydrogen (secondary N) is 1. The highest BCUT2D eigenvalue weighted by Gasteiger charge is 2.25. The van der Waals surface area contributed by atoms with Crippen molar-refractivity contribution in [1.29, 1.82) is 0 Å². The lowest BCUT2D eigenvalue weighted by Crippen LogP contribution is -2.29. The molecule has 1 aromatic heterocycles. The third-order valence-corrected chi connectivity index (χ3v) is 6.01. The van der Waals surface area contributed by atoms with Gasteiger partial charge in [0.05, 0.1) is 26.3 Å². The zero-order valence-corrected chi connectivity index (χ0v) is 17.3. The molecular weight excluding hydrogens is 432 g/mol. The maximum atomic E-state index is 12.8. The third-order valence-electron chi connectivity index (χ3n) is 4.33. The van der Waals surface area contributed by atoms with Gasteiger partial charge in [0.15, 0.2) is 0 Å². The normalized spacial score (nSPS) is 13.7. The molecule has 0 atom stereocenters. The topological polar surface area (TPSA) is 62.3 Å². The number of hydrogen-bond donors (Lipinski definition) is 1. The molecular formula is C18H15Cl4N3O2. The lowest BCUT2D eigenvalue weighted by atomic mass is 10.1. The van der Waals surface area contributed by atoms with Crippen molar-refractivity contribution >= 4 is 63.9 Å². The smallest absolute Gasteiger partial charge is 0.275 e. The summed E-state index contributed by atoms with van der Waals surface area (Å²) < 4.78 is 0. The molecule has 142 valence electrons. The Kier molecular flexibility index (Phi) is 6.16. The van der Waals surface area contributed by atoms with Crippen LogP contribution in [0.15, 0.2) is 18.2 Å². The Labute approximate surface area is 176 Å². The van der Waals surface area contributed by atoms with E-state index in [9.17, 15) is 9.59 Å². The number of aryl methyl sites for hydroxylation is 1. The van der Waals surface area contributed by atoms with E-state index in [1.54, 1.807) is 30.0 Å². The fourth-order valence-electron chi connectivity index (χ4n) is 2.91. The maximum absolute atomic E-state index is 12.8. The van der Waals surface area contributed by atoms with Gasteiger partial charge in [-0.2, -0.15) is 0 Å². The van der Waals surface area contributed by atoms with Gasteiger partial charge in [-0.05, 0) is 31.4 Å². The summed E-state index contributed by atoms with van der Waals surface area (Å²) in [6, 6.07) is 5.25. The number of likely N-dealkylation sites (tertiary alicyclic amines) is 1. The molecule has 1 N–H and O–H groups in total. The van der Waals surface area contributed by atoms with Crippen LogP contribution in [-0.2, 0) is 0 Å². The zero-order chi connectivity index (χ0) is 19.7. The monoisotopic (exact) mass is 445 g/mol. The van der Waals surface area contributed by atoms with Crippen LogP contribution in [0.25, 0.3) is 0 Å². The van der Waals surface area contributed by atoms with Gasteiger partial charge in [-0.3, -0.25) is 9.59 Å². The number of carbonyl (C=O) groups is 2. The summed E-state index contributed by atoms with van der Waals surface area (Å²) in [5, 5.41) is 2.40. The quantitative estimate of drug-likeness (QED) is 0.633. The number of hydrogen-bond acceptors (Lipinski definition) is 3. The molecule has 0 bridgehead atoms. The second-order valence-corrected chi connectivity index (χ2v) is 7.64. The molecule has 0 radical (unpaired) electrons. The summed E-state index contributed by atoms with van der Waals surface area (Å²) >= 11 is 23.9. The largest absolute Gasteiger partial charge is 0.339 e. The van der Waals surface area contributed by atoms with Crippen molar-refractivity contribution in [2.75, 3.05) is 18.4 Å². The lowest BCUT2D eigenvalue weighted by molar-refractivity contribution is 0.0794. The van der Waals surface area contributed by atoms with E-state index in [4.69, 9.17) is 46.4 Å². The van der Waals surface area contributed by atoms with Gasteiger partial charge < -0.3 is 10.2 Å². The van der Waals surface area contributed by atoms with Crippen LogP contribution in [0.4, 0.5) is 5.69 Å². The fraction of sp³-hybridized carbons (Fsp3) is 0.278. The molecule has 27 heavy (non-hydrogen) atoms. The molecule has 5 nitrogen and oxygen atoms in total. The van der Waals surface area contributed by atoms with Crippen LogP contribution in [0.5, 0.6) is 0 Å². The molecule has 1 aliphatic heterocycles. The van der Waals surface area contributed by atoms with E-state index in [0.29, 0.717) is 24.3 Å². The van der Waals surface area contributed by atoms with Crippen molar-refractivity contribution in [2.45, 2.75) is 19.8 Å². The average molecular weight is 447 g/mol. The van der Waals surface area contributed by atoms with Gasteiger partial charge >= 0.3 is 0 Å². The van der Waals surface area contributed by atoms with Crippen molar-refractivity contribution in [1.82, 2.24) is 9.88 Å². The summed E-state index contributed by atoms with van der Waals surface area (Å²) in [7, 11) is 0. The van der Waals surface area contributed by atoms with Crippen molar-refractivity contribution in [2.24, 2.45) is 0 Å². The van der Waals surface area contributed by atoms with Crippen molar-refractivity contribution < 1.29 is 9.59 Å². The second-order valence-electron chi connectivity index (χ2n) is 6.14. The molecule has 0 aliphatic carbocycles. The number of anilines is 1. The van der Waals surface area contributed by atoms with Crippen LogP contribution < -0.4 is 5.32 Å². The number of aromatic nitrogens is 1. The van der Waals surface area contributed by atoms with E-state index in [0.717, 1.165) is 18.4 Å². The maximum Gasteiger partial charge on any atom is 0.275 e. The Balaban J connectivity index is 1.96. The van der Waals surface area contributed by atoms with Crippen molar-refractivity contribution in [3.8, 4) is 0 Å². The number of halogens is 4. The molecule has 2 amide bonds. The van der Waals surface area contributed by atoms with Crippen molar-refractivity contribution in [3.63, 3.8) is 0 Å². The first-order valence-corrected chi connectivity index (χ1v) is 9.72. The Hall–Kier alpha value is -1.53. The Bertz CT molecular complexity index is 927. The summed E-state index contributed by atoms with van der Waals surface area (Å²) in [5.74, 6) is -0.761. The van der Waals surface area contributed by atoms with Gasteiger partial charge in [0.1, 0.15) is 10.8 Å². The summed E-state index contributed by atoms with van der Waals surface area (Å²) in [6.07, 6.45) is 1.95. The standard InChI is InChI=1S/C18H15Cl4N3O2/c1-9-5-4-6-10(18(27)25-7-2-3-8-25)14(9)24-17(26)15-12(20)11(19)13(21)16(22)23-15/h4-6H,2-3,7-8H2,1H3,(H,24,26). The Morgan fingerprint density at radius 1 is 1.04 bits per heavy atom. The van der Waals surface area contributed by atoms with Crippen LogP contribution in [-0.4, -0.2) is 34.8 Å². The molecule has 0 spiro atoms. The van der Waals surface area contributed by atoms with Crippen LogP contribution in [0.2, 0.25) is 20.2 Å². The highest BCUT2D eigenvalue weighted by atomic mass is 35.5. The molecule has 1 fully saturated rings. The van der Waals surface area contributed by atoms with E-state index in [1.807, 2.05) is 0 Å². The van der Waals surface area contributed by atoms with Gasteiger partial charge in [0.2, 0.25) is 0 Å². The highest BCUT2D eigenvalue weighted by molar-refractivity contribution is 6.52. The average Bonchev–Trinajstić information content (AvgIpc) is 3.18. The van der Waals surface area contributed by atoms with E-state index < -0.39 is 5.91 Å². The number of rotatable bonds is 3. The van der Waals surface area contributed by atoms with Crippen LogP contribution in [0.1, 0.15) is 39.3 Å². The predicted molar refractivity (Wildman–Crippen MR) is 109 cm³/mol. The number of pyridine rings is 1. The first kappa shape index (κ1) is 20.2. The summed E-state index contributed by atoms with van der Waals surface area (Å²) in [5.41, 5.74) is 1.38. The molecule has 0 unspecified atom stereocenters. The second kappa shape index (κ2) is 8.23. The fourth-order valence-corrected chi connectivity index (χ4v) is 3.73. The third kappa shape index (κ3) is 4.02. The first-order chi connectivity index (χ1) is 12.8. The van der Waals surface area contributed by atoms with E-state index >= 15 is 0 Å². The van der Waals surface area contributed by atoms with Gasteiger partial charge in [0, 0.05) is 13.1 Å². The van der Waals surface area contributed by atoms with Crippen molar-refractivity contribution in [3.05, 3.63) is 55.2 Å². The van der Waals surface area contributed by atoms with Gasteiger partial charge in [-0.1, -0.05) is 58.5 Å². The zero-order valence-electron chi connectivity index (χ0n) is 14.3. The van der Waals surface area contributed by atoms with Gasteiger partial charge in [-0.15, -0.1) is 0 Å². The van der Waals surface area contributed by atoms with Crippen LogP contribution in [0, 0.1) is 6.92 Å². The molecule has 1 saturated heterocycles.